The zero-order valence-electron chi connectivity index (χ0n) is 18.3. The molecular weight excluding hydrogens is 466 g/mol. The van der Waals surface area contributed by atoms with E-state index in [4.69, 9.17) is 0 Å². The number of allylic oxidation sites excluding steroid dienone is 4. The molecule has 1 aliphatic carbocycles. The van der Waals surface area contributed by atoms with Crippen molar-refractivity contribution in [3.63, 3.8) is 0 Å². The van der Waals surface area contributed by atoms with Crippen LogP contribution >= 0.6 is 32.7 Å². The molecule has 0 spiro atoms. The first-order valence-electron chi connectivity index (χ1n) is 9.84. The van der Waals surface area contributed by atoms with Crippen molar-refractivity contribution in [2.75, 3.05) is 5.79 Å². The Morgan fingerprint density at radius 3 is 1.62 bits per heavy atom. The summed E-state index contributed by atoms with van der Waals surface area (Å²) in [6.45, 7) is 14.8. The zero-order valence-corrected chi connectivity index (χ0v) is 23.4. The minimum absolute atomic E-state index is 0. The summed E-state index contributed by atoms with van der Waals surface area (Å²) in [7, 11) is -0.253. The molecule has 0 heterocycles. The maximum atomic E-state index is 2.66. The third-order valence-electron chi connectivity index (χ3n) is 5.80. The smallest absolute Gasteiger partial charge is 0.147 e. The Hall–Kier alpha value is -0.139. The second kappa shape index (κ2) is 11.5. The molecule has 29 heavy (non-hydrogen) atoms. The van der Waals surface area contributed by atoms with E-state index in [-0.39, 0.29) is 51.1 Å². The number of hydrogen-bond acceptors (Lipinski definition) is 0. The van der Waals surface area contributed by atoms with Gasteiger partial charge in [-0.1, -0.05) is 0 Å². The van der Waals surface area contributed by atoms with Gasteiger partial charge in [-0.15, -0.1) is 24.8 Å². The van der Waals surface area contributed by atoms with Gasteiger partial charge in [-0.25, -0.2) is 0 Å². The van der Waals surface area contributed by atoms with Crippen LogP contribution in [0.5, 0.6) is 0 Å². The predicted molar refractivity (Wildman–Crippen MR) is 136 cm³/mol. The van der Waals surface area contributed by atoms with Crippen LogP contribution in [0.1, 0.15) is 27.7 Å². The Morgan fingerprint density at radius 1 is 0.793 bits per heavy atom. The molecule has 2 aromatic carbocycles. The van der Waals surface area contributed by atoms with Crippen LogP contribution in [0.25, 0.3) is 0 Å². The molecule has 0 aromatic heterocycles. The molecule has 0 nitrogen and oxygen atoms in total. The van der Waals surface area contributed by atoms with Crippen molar-refractivity contribution < 1.29 is 18.4 Å². The van der Waals surface area contributed by atoms with E-state index in [2.05, 4.69) is 101 Å². The van der Waals surface area contributed by atoms with E-state index in [1.165, 1.54) is 5.79 Å². The summed E-state index contributed by atoms with van der Waals surface area (Å²) in [4.78, 5) is 0. The minimum Gasteiger partial charge on any atom is -0.147 e. The SMILES string of the molecule is CC1=C(C)C(C)[C]([Ti][Si](C)(C)CP(c2ccccc2)c2ccccc2)=C1C.Cl.Cl. The standard InChI is InChI=1S/C15H18PSi.C9H13.2ClH.Ti/c1-17(2)13-16(14-9-5-3-6-10-14)15-11-7-4-8-12-15;1-6-5-7(2)9(4)8(6)3;;;/h3-12H,13H2,1-2H3;6H,1-4H3;2*1H;. The molecule has 0 saturated carbocycles. The van der Waals surface area contributed by atoms with Gasteiger partial charge >= 0.3 is 177 Å². The summed E-state index contributed by atoms with van der Waals surface area (Å²) in [5.41, 5.74) is 4.81. The van der Waals surface area contributed by atoms with Crippen molar-refractivity contribution in [1.29, 1.82) is 0 Å². The molecule has 0 aliphatic heterocycles. The molecule has 1 unspecified atom stereocenters. The topological polar surface area (TPSA) is 0 Å². The third kappa shape index (κ3) is 6.42. The van der Waals surface area contributed by atoms with E-state index in [0.717, 1.165) is 0 Å². The van der Waals surface area contributed by atoms with Gasteiger partial charge in [0.15, 0.2) is 0 Å². The maximum absolute atomic E-state index is 2.66. The van der Waals surface area contributed by atoms with E-state index in [9.17, 15) is 0 Å². The molecule has 1 atom stereocenters. The molecule has 0 N–H and O–H groups in total. The summed E-state index contributed by atoms with van der Waals surface area (Å²) in [6.07, 6.45) is 0. The molecule has 0 radical (unpaired) electrons. The van der Waals surface area contributed by atoms with Gasteiger partial charge in [0, 0.05) is 0 Å². The van der Waals surface area contributed by atoms with Gasteiger partial charge in [0.2, 0.25) is 0 Å². The average molecular weight is 499 g/mol. The monoisotopic (exact) mass is 498 g/mol. The van der Waals surface area contributed by atoms with E-state index in [0.29, 0.717) is 5.92 Å². The molecule has 1 aliphatic rings. The Balaban J connectivity index is 0.00000210. The van der Waals surface area contributed by atoms with E-state index in [1.54, 1.807) is 27.3 Å². The van der Waals surface area contributed by atoms with Crippen LogP contribution in [0.15, 0.2) is 81.3 Å². The van der Waals surface area contributed by atoms with Gasteiger partial charge in [0.25, 0.3) is 0 Å². The maximum Gasteiger partial charge on any atom is -0.147 e. The number of halogens is 2. The molecule has 0 amide bonds. The van der Waals surface area contributed by atoms with Crippen LogP contribution in [0.4, 0.5) is 0 Å². The number of hydrogen-bond donors (Lipinski definition) is 0. The fraction of sp³-hybridized carbons (Fsp3) is 0.333. The predicted octanol–water partition coefficient (Wildman–Crippen LogP) is 7.05. The van der Waals surface area contributed by atoms with Gasteiger partial charge in [-0.3, -0.25) is 0 Å². The molecule has 2 aromatic rings. The van der Waals surface area contributed by atoms with Gasteiger partial charge in [0.1, 0.15) is 0 Å². The Labute approximate surface area is 200 Å². The van der Waals surface area contributed by atoms with Gasteiger partial charge in [-0.05, 0) is 0 Å². The Kier molecular flexibility index (Phi) is 10.6. The molecule has 156 valence electrons. The van der Waals surface area contributed by atoms with Crippen LogP contribution in [0.2, 0.25) is 13.1 Å². The second-order valence-corrected chi connectivity index (χ2v) is 23.9. The summed E-state index contributed by atoms with van der Waals surface area (Å²) >= 11 is -0.0495. The van der Waals surface area contributed by atoms with Crippen LogP contribution in [-0.2, 0) is 18.4 Å². The molecular formula is C24H33Cl2PSiTi. The van der Waals surface area contributed by atoms with Crippen LogP contribution in [0, 0.1) is 5.92 Å². The summed E-state index contributed by atoms with van der Waals surface area (Å²) in [5, 5.41) is 3.09. The Bertz CT molecular complexity index is 823. The molecule has 0 fully saturated rings. The quantitative estimate of drug-likeness (QED) is 0.295. The fourth-order valence-corrected chi connectivity index (χ4v) is 20.6. The third-order valence-corrected chi connectivity index (χ3v) is 20.9. The van der Waals surface area contributed by atoms with Crippen molar-refractivity contribution in [3.05, 3.63) is 81.3 Å². The first-order valence-corrected chi connectivity index (χ1v) is 17.7. The zero-order chi connectivity index (χ0) is 19.6. The largest absolute Gasteiger partial charge is 0.147 e. The van der Waals surface area contributed by atoms with Crippen molar-refractivity contribution in [2.24, 2.45) is 5.92 Å². The molecule has 5 heteroatoms. The van der Waals surface area contributed by atoms with Crippen LogP contribution in [-0.4, -0.2) is 11.7 Å². The summed E-state index contributed by atoms with van der Waals surface area (Å²) in [5.74, 6) is 0.835. The van der Waals surface area contributed by atoms with Gasteiger partial charge < -0.3 is 0 Å². The van der Waals surface area contributed by atoms with E-state index < -0.39 is 5.94 Å². The van der Waals surface area contributed by atoms with Crippen molar-refractivity contribution in [1.82, 2.24) is 0 Å². The summed E-state index contributed by atoms with van der Waals surface area (Å²) < 4.78 is 1.85. The van der Waals surface area contributed by atoms with Gasteiger partial charge in [-0.2, -0.15) is 0 Å². The molecule has 0 saturated heterocycles. The molecule has 0 bridgehead atoms. The number of rotatable bonds is 6. The van der Waals surface area contributed by atoms with E-state index in [1.807, 2.05) is 3.88 Å². The molecule has 3 rings (SSSR count). The van der Waals surface area contributed by atoms with Gasteiger partial charge in [0.05, 0.1) is 0 Å². The van der Waals surface area contributed by atoms with Crippen LogP contribution in [0.3, 0.4) is 0 Å². The minimum atomic E-state index is -1.27. The Morgan fingerprint density at radius 2 is 1.24 bits per heavy atom. The summed E-state index contributed by atoms with van der Waals surface area (Å²) in [6, 6.07) is 22.5. The normalized spacial score (nSPS) is 16.6. The second-order valence-electron chi connectivity index (χ2n) is 8.33. The first kappa shape index (κ1) is 26.9. The first-order chi connectivity index (χ1) is 12.8. The van der Waals surface area contributed by atoms with Crippen molar-refractivity contribution in [2.45, 2.75) is 40.8 Å². The number of benzene rings is 2. The van der Waals surface area contributed by atoms with Crippen molar-refractivity contribution in [3.8, 4) is 0 Å². The van der Waals surface area contributed by atoms with E-state index >= 15 is 0 Å². The van der Waals surface area contributed by atoms with Crippen LogP contribution < -0.4 is 10.6 Å². The van der Waals surface area contributed by atoms with Crippen molar-refractivity contribution >= 4 is 49.3 Å². The average Bonchev–Trinajstić information content (AvgIpc) is 2.85. The fourth-order valence-electron chi connectivity index (χ4n) is 3.91.